The molecule has 7 nitrogen and oxygen atoms in total. The molecule has 3 rings (SSSR count). The number of aliphatic carboxylic acids is 1. The molecule has 0 aliphatic heterocycles. The molecule has 0 atom stereocenters. The van der Waals surface area contributed by atoms with E-state index in [-0.39, 0.29) is 25.6 Å². The van der Waals surface area contributed by atoms with Gasteiger partial charge in [-0.15, -0.1) is 6.42 Å². The highest BCUT2D eigenvalue weighted by Crippen LogP contribution is 2.44. The summed E-state index contributed by atoms with van der Waals surface area (Å²) in [5.41, 5.74) is 4.48. The van der Waals surface area contributed by atoms with Crippen LogP contribution in [0.15, 0.2) is 48.5 Å². The Morgan fingerprint density at radius 2 is 1.68 bits per heavy atom. The highest BCUT2D eigenvalue weighted by molar-refractivity contribution is 5.95. The predicted molar refractivity (Wildman–Crippen MR) is 114 cm³/mol. The molecule has 2 amide bonds. The number of carboxylic acid groups (broad SMARTS) is 1. The first-order valence-corrected chi connectivity index (χ1v) is 9.53. The number of carboxylic acids is 1. The van der Waals surface area contributed by atoms with Crippen molar-refractivity contribution < 1.29 is 24.2 Å². The van der Waals surface area contributed by atoms with Crippen LogP contribution >= 0.6 is 0 Å². The minimum Gasteiger partial charge on any atom is -0.480 e. The number of nitrogens with zero attached hydrogens (tertiary/aromatic N) is 1. The van der Waals surface area contributed by atoms with Gasteiger partial charge in [0.1, 0.15) is 13.2 Å². The van der Waals surface area contributed by atoms with Crippen LogP contribution in [-0.2, 0) is 14.3 Å². The summed E-state index contributed by atoms with van der Waals surface area (Å²) in [6, 6.07) is 16.0. The van der Waals surface area contributed by atoms with Crippen LogP contribution in [0.25, 0.3) is 11.1 Å². The Morgan fingerprint density at radius 1 is 1.06 bits per heavy atom. The number of hydrogen-bond donors (Lipinski definition) is 2. The van der Waals surface area contributed by atoms with Crippen LogP contribution in [-0.4, -0.2) is 54.2 Å². The van der Waals surface area contributed by atoms with Crippen molar-refractivity contribution in [3.8, 4) is 35.3 Å². The van der Waals surface area contributed by atoms with Gasteiger partial charge >= 0.3 is 12.1 Å². The quantitative estimate of drug-likeness (QED) is 0.703. The van der Waals surface area contributed by atoms with Crippen molar-refractivity contribution in [1.82, 2.24) is 10.2 Å². The molecule has 156 valence electrons. The third kappa shape index (κ3) is 5.23. The summed E-state index contributed by atoms with van der Waals surface area (Å²) in [6.45, 7) is -0.669. The van der Waals surface area contributed by atoms with Gasteiger partial charge in [0.2, 0.25) is 0 Å². The molecular weight excluding hydrogens is 396 g/mol. The zero-order valence-corrected chi connectivity index (χ0v) is 16.6. The summed E-state index contributed by atoms with van der Waals surface area (Å²) in [6.07, 6.45) is 4.47. The zero-order valence-electron chi connectivity index (χ0n) is 16.6. The Morgan fingerprint density at radius 3 is 2.26 bits per heavy atom. The maximum Gasteiger partial charge on any atom is 0.407 e. The molecule has 1 aliphatic carbocycles. The molecule has 0 saturated heterocycles. The Balaban J connectivity index is 1.53. The van der Waals surface area contributed by atoms with E-state index >= 15 is 0 Å². The van der Waals surface area contributed by atoms with Crippen molar-refractivity contribution in [2.45, 2.75) is 5.92 Å². The number of rotatable bonds is 6. The van der Waals surface area contributed by atoms with Crippen molar-refractivity contribution >= 4 is 18.0 Å². The maximum absolute atomic E-state index is 12.0. The number of nitrogens with one attached hydrogen (secondary N) is 1. The fourth-order valence-electron chi connectivity index (χ4n) is 3.44. The van der Waals surface area contributed by atoms with Gasteiger partial charge in [-0.25, -0.2) is 4.79 Å². The summed E-state index contributed by atoms with van der Waals surface area (Å²) in [5.74, 6) is 4.96. The van der Waals surface area contributed by atoms with Crippen molar-refractivity contribution in [2.75, 3.05) is 26.2 Å². The first kappa shape index (κ1) is 21.5. The predicted octanol–water partition coefficient (Wildman–Crippen LogP) is 2.07. The van der Waals surface area contributed by atoms with E-state index in [1.165, 1.54) is 0 Å². The number of ether oxygens (including phenoxy) is 1. The Kier molecular flexibility index (Phi) is 6.93. The third-order valence-corrected chi connectivity index (χ3v) is 4.76. The standard InChI is InChI=1S/C24H20N2O5/c1-2-14-26(15-23(28)29)22(27)12-7-13-25-24(30)31-16-21-19-10-5-3-8-17(19)18-9-4-6-11-20(18)21/h1,3-6,8-11,21H,13-16H2,(H,25,30)(H,28,29). The first-order chi connectivity index (χ1) is 15.0. The first-order valence-electron chi connectivity index (χ1n) is 9.53. The molecule has 0 spiro atoms. The second kappa shape index (κ2) is 10.00. The lowest BCUT2D eigenvalue weighted by molar-refractivity contribution is -0.142. The molecule has 0 heterocycles. The normalized spacial score (nSPS) is 11.2. The Bertz CT molecular complexity index is 1060. The Hall–Kier alpha value is -4.23. The molecule has 31 heavy (non-hydrogen) atoms. The van der Waals surface area contributed by atoms with Gasteiger partial charge < -0.3 is 20.1 Å². The maximum atomic E-state index is 12.0. The lowest BCUT2D eigenvalue weighted by Gasteiger charge is -2.14. The van der Waals surface area contributed by atoms with Gasteiger partial charge in [0.15, 0.2) is 0 Å². The van der Waals surface area contributed by atoms with E-state index in [4.69, 9.17) is 16.3 Å². The van der Waals surface area contributed by atoms with Crippen LogP contribution < -0.4 is 5.32 Å². The molecule has 0 fully saturated rings. The van der Waals surface area contributed by atoms with E-state index in [9.17, 15) is 14.4 Å². The van der Waals surface area contributed by atoms with Gasteiger partial charge in [-0.3, -0.25) is 9.59 Å². The molecule has 2 aromatic rings. The average Bonchev–Trinajstić information content (AvgIpc) is 3.08. The Labute approximate surface area is 180 Å². The number of amides is 2. The van der Waals surface area contributed by atoms with Crippen LogP contribution in [0.5, 0.6) is 0 Å². The third-order valence-electron chi connectivity index (χ3n) is 4.76. The molecule has 0 aromatic heterocycles. The lowest BCUT2D eigenvalue weighted by atomic mass is 9.98. The van der Waals surface area contributed by atoms with E-state index in [0.717, 1.165) is 27.2 Å². The van der Waals surface area contributed by atoms with Gasteiger partial charge in [0.25, 0.3) is 5.91 Å². The molecule has 7 heteroatoms. The van der Waals surface area contributed by atoms with Crippen molar-refractivity contribution in [3.05, 3.63) is 59.7 Å². The van der Waals surface area contributed by atoms with Crippen LogP contribution in [0.4, 0.5) is 4.79 Å². The summed E-state index contributed by atoms with van der Waals surface area (Å²) in [7, 11) is 0. The molecule has 2 aromatic carbocycles. The van der Waals surface area contributed by atoms with Gasteiger partial charge in [-0.2, -0.15) is 0 Å². The molecular formula is C24H20N2O5. The van der Waals surface area contributed by atoms with Crippen LogP contribution in [0.2, 0.25) is 0 Å². The van der Waals surface area contributed by atoms with E-state index in [1.807, 2.05) is 36.4 Å². The van der Waals surface area contributed by atoms with E-state index in [1.54, 1.807) is 0 Å². The van der Waals surface area contributed by atoms with Crippen molar-refractivity contribution in [2.24, 2.45) is 0 Å². The topological polar surface area (TPSA) is 95.9 Å². The molecule has 0 radical (unpaired) electrons. The zero-order chi connectivity index (χ0) is 22.2. The molecule has 0 unspecified atom stereocenters. The minimum atomic E-state index is -1.19. The molecule has 0 saturated carbocycles. The second-order valence-electron chi connectivity index (χ2n) is 6.74. The van der Waals surface area contributed by atoms with Crippen LogP contribution in [0.1, 0.15) is 17.0 Å². The number of benzene rings is 2. The minimum absolute atomic E-state index is 0.0563. The SMILES string of the molecule is C#CCN(CC(=O)O)C(=O)C#CCNC(=O)OCC1c2ccccc2-c2ccccc21. The lowest BCUT2D eigenvalue weighted by Crippen LogP contribution is -2.35. The van der Waals surface area contributed by atoms with Gasteiger partial charge in [0.05, 0.1) is 13.1 Å². The fraction of sp³-hybridized carbons (Fsp3) is 0.208. The average molecular weight is 416 g/mol. The molecule has 1 aliphatic rings. The fourth-order valence-corrected chi connectivity index (χ4v) is 3.44. The molecule has 0 bridgehead atoms. The second-order valence-corrected chi connectivity index (χ2v) is 6.74. The number of hydrogen-bond acceptors (Lipinski definition) is 4. The highest BCUT2D eigenvalue weighted by Gasteiger charge is 2.28. The van der Waals surface area contributed by atoms with Gasteiger partial charge in [0, 0.05) is 5.92 Å². The number of carbonyl (C=O) groups is 3. The van der Waals surface area contributed by atoms with E-state index < -0.39 is 24.5 Å². The van der Waals surface area contributed by atoms with Crippen LogP contribution in [0.3, 0.4) is 0 Å². The summed E-state index contributed by atoms with van der Waals surface area (Å²) in [5, 5.41) is 11.3. The van der Waals surface area contributed by atoms with E-state index in [2.05, 4.69) is 35.2 Å². The van der Waals surface area contributed by atoms with Crippen molar-refractivity contribution in [3.63, 3.8) is 0 Å². The number of carbonyl (C=O) groups excluding carboxylic acids is 2. The smallest absolute Gasteiger partial charge is 0.407 e. The van der Waals surface area contributed by atoms with Gasteiger partial charge in [-0.05, 0) is 28.2 Å². The number of fused-ring (bicyclic) bond motifs is 3. The van der Waals surface area contributed by atoms with Crippen molar-refractivity contribution in [1.29, 1.82) is 0 Å². The van der Waals surface area contributed by atoms with Crippen LogP contribution in [0, 0.1) is 24.2 Å². The highest BCUT2D eigenvalue weighted by atomic mass is 16.5. The monoisotopic (exact) mass is 416 g/mol. The summed E-state index contributed by atoms with van der Waals surface area (Å²) in [4.78, 5) is 35.6. The largest absolute Gasteiger partial charge is 0.480 e. The van der Waals surface area contributed by atoms with Gasteiger partial charge in [-0.1, -0.05) is 60.4 Å². The summed E-state index contributed by atoms with van der Waals surface area (Å²) < 4.78 is 5.37. The number of terminal acetylenes is 1. The summed E-state index contributed by atoms with van der Waals surface area (Å²) >= 11 is 0. The molecule has 2 N–H and O–H groups in total. The number of alkyl carbamates (subject to hydrolysis) is 1. The van der Waals surface area contributed by atoms with E-state index in [0.29, 0.717) is 0 Å².